The number of carbonyl (C=O) groups excluding carboxylic acids is 2. The zero-order chi connectivity index (χ0) is 22.2. The predicted molar refractivity (Wildman–Crippen MR) is 115 cm³/mol. The Bertz CT molecular complexity index is 1020. The fraction of sp³-hybridized carbons (Fsp3) is 0.417. The van der Waals surface area contributed by atoms with Gasteiger partial charge < -0.3 is 9.31 Å². The number of amides is 2. The molecule has 2 amide bonds. The summed E-state index contributed by atoms with van der Waals surface area (Å²) in [6.45, 7) is 7.98. The van der Waals surface area contributed by atoms with Crippen LogP contribution in [0.2, 0.25) is 0 Å². The van der Waals surface area contributed by atoms with Gasteiger partial charge in [-0.25, -0.2) is 4.39 Å². The summed E-state index contributed by atoms with van der Waals surface area (Å²) in [7, 11) is -0.510. The highest BCUT2D eigenvalue weighted by molar-refractivity contribution is 6.62. The molecule has 0 spiro atoms. The molecule has 0 N–H and O–H groups in total. The van der Waals surface area contributed by atoms with Crippen molar-refractivity contribution in [1.29, 1.82) is 0 Å². The van der Waals surface area contributed by atoms with Crippen molar-refractivity contribution in [2.45, 2.75) is 63.4 Å². The third-order valence-corrected chi connectivity index (χ3v) is 7.31. The van der Waals surface area contributed by atoms with Crippen LogP contribution in [0, 0.1) is 0 Å². The van der Waals surface area contributed by atoms with E-state index in [2.05, 4.69) is 0 Å². The molecule has 0 atom stereocenters. The largest absolute Gasteiger partial charge is 0.494 e. The topological polar surface area (TPSA) is 55.8 Å². The Labute approximate surface area is 181 Å². The molecular weight excluding hydrogens is 396 g/mol. The van der Waals surface area contributed by atoms with Gasteiger partial charge in [0.25, 0.3) is 11.8 Å². The summed E-state index contributed by atoms with van der Waals surface area (Å²) in [6.07, 6.45) is -0.838. The molecule has 2 aromatic rings. The van der Waals surface area contributed by atoms with Crippen LogP contribution in [0.1, 0.15) is 66.8 Å². The van der Waals surface area contributed by atoms with E-state index in [9.17, 15) is 14.0 Å². The highest BCUT2D eigenvalue weighted by atomic mass is 19.1. The molecule has 2 heterocycles. The van der Waals surface area contributed by atoms with Crippen molar-refractivity contribution in [2.24, 2.45) is 0 Å². The average molecular weight is 421 g/mol. The quantitative estimate of drug-likeness (QED) is 0.562. The monoisotopic (exact) mass is 421 g/mol. The third kappa shape index (κ3) is 2.83. The summed E-state index contributed by atoms with van der Waals surface area (Å²) in [5.41, 5.74) is 0.472. The highest BCUT2D eigenvalue weighted by Crippen LogP contribution is 2.50. The lowest BCUT2D eigenvalue weighted by atomic mass is 9.68. The molecule has 0 aromatic heterocycles. The molecule has 31 heavy (non-hydrogen) atoms. The minimum atomic E-state index is -1.05. The van der Waals surface area contributed by atoms with Crippen molar-refractivity contribution in [3.8, 4) is 0 Å². The molecule has 7 heteroatoms. The van der Waals surface area contributed by atoms with Crippen LogP contribution in [-0.2, 0) is 14.8 Å². The lowest BCUT2D eigenvalue weighted by molar-refractivity contribution is -0.0172. The number of imide groups is 1. The number of carbonyl (C=O) groups is 2. The Hall–Kier alpha value is -2.51. The molecule has 2 aromatic carbocycles. The van der Waals surface area contributed by atoms with E-state index >= 15 is 0 Å². The van der Waals surface area contributed by atoms with Crippen LogP contribution >= 0.6 is 0 Å². The molecule has 1 aliphatic carbocycles. The van der Waals surface area contributed by atoms with Gasteiger partial charge in [0.2, 0.25) is 0 Å². The first-order valence-electron chi connectivity index (χ1n) is 10.6. The van der Waals surface area contributed by atoms with E-state index in [1.807, 2.05) is 52.0 Å². The number of benzene rings is 2. The van der Waals surface area contributed by atoms with Crippen LogP contribution in [-0.4, -0.2) is 41.2 Å². The Morgan fingerprint density at radius 1 is 0.871 bits per heavy atom. The molecule has 2 fully saturated rings. The number of halogens is 1. The van der Waals surface area contributed by atoms with Crippen molar-refractivity contribution in [1.82, 2.24) is 4.90 Å². The van der Waals surface area contributed by atoms with Gasteiger partial charge in [-0.15, -0.1) is 0 Å². The minimum absolute atomic E-state index is 0.105. The fourth-order valence-electron chi connectivity index (χ4n) is 4.73. The lowest BCUT2D eigenvalue weighted by Crippen LogP contribution is -2.58. The minimum Gasteiger partial charge on any atom is -0.399 e. The van der Waals surface area contributed by atoms with Crippen LogP contribution in [0.4, 0.5) is 4.39 Å². The first kappa shape index (κ1) is 20.4. The molecule has 160 valence electrons. The van der Waals surface area contributed by atoms with Crippen molar-refractivity contribution in [3.05, 3.63) is 65.2 Å². The van der Waals surface area contributed by atoms with Crippen LogP contribution in [0.15, 0.2) is 48.5 Å². The van der Waals surface area contributed by atoms with Gasteiger partial charge in [-0.05, 0) is 50.9 Å². The van der Waals surface area contributed by atoms with E-state index in [4.69, 9.17) is 9.31 Å². The molecule has 0 bridgehead atoms. The van der Waals surface area contributed by atoms with E-state index in [1.165, 1.54) is 4.90 Å². The second kappa shape index (κ2) is 6.50. The van der Waals surface area contributed by atoms with Crippen LogP contribution in [0.25, 0.3) is 0 Å². The highest BCUT2D eigenvalue weighted by Gasteiger charge is 2.57. The number of nitrogens with zero attached hydrogens (tertiary/aromatic N) is 1. The zero-order valence-electron chi connectivity index (χ0n) is 18.1. The van der Waals surface area contributed by atoms with Gasteiger partial charge in [0.15, 0.2) is 0 Å². The fourth-order valence-corrected chi connectivity index (χ4v) is 4.73. The summed E-state index contributed by atoms with van der Waals surface area (Å²) in [5, 5.41) is 0. The molecule has 2 aliphatic heterocycles. The molecular formula is C24H25BFNO4. The lowest BCUT2D eigenvalue weighted by Gasteiger charge is -2.49. The van der Waals surface area contributed by atoms with E-state index in [0.717, 1.165) is 11.0 Å². The maximum atomic E-state index is 14.1. The summed E-state index contributed by atoms with van der Waals surface area (Å²) >= 11 is 0. The van der Waals surface area contributed by atoms with E-state index in [0.29, 0.717) is 11.1 Å². The van der Waals surface area contributed by atoms with Crippen LogP contribution < -0.4 is 5.46 Å². The Kier molecular flexibility index (Phi) is 4.28. The Balaban J connectivity index is 1.47. The van der Waals surface area contributed by atoms with Crippen molar-refractivity contribution in [3.63, 3.8) is 0 Å². The Morgan fingerprint density at radius 3 is 1.81 bits per heavy atom. The summed E-state index contributed by atoms with van der Waals surface area (Å²) in [6, 6.07) is 14.2. The second-order valence-electron chi connectivity index (χ2n) is 9.74. The van der Waals surface area contributed by atoms with Gasteiger partial charge in [0.1, 0.15) is 6.17 Å². The maximum absolute atomic E-state index is 14.1. The zero-order valence-corrected chi connectivity index (χ0v) is 18.1. The van der Waals surface area contributed by atoms with E-state index in [1.54, 1.807) is 24.3 Å². The van der Waals surface area contributed by atoms with Gasteiger partial charge in [-0.3, -0.25) is 14.5 Å². The smallest absolute Gasteiger partial charge is 0.399 e. The summed E-state index contributed by atoms with van der Waals surface area (Å²) in [4.78, 5) is 27.4. The number of alkyl halides is 1. The number of hydrogen-bond acceptors (Lipinski definition) is 4. The van der Waals surface area contributed by atoms with Crippen molar-refractivity contribution < 1.29 is 23.3 Å². The number of fused-ring (bicyclic) bond motifs is 1. The van der Waals surface area contributed by atoms with E-state index in [-0.39, 0.29) is 24.7 Å². The molecule has 0 radical (unpaired) electrons. The van der Waals surface area contributed by atoms with Gasteiger partial charge in [0, 0.05) is 12.8 Å². The van der Waals surface area contributed by atoms with Crippen molar-refractivity contribution in [2.75, 3.05) is 0 Å². The van der Waals surface area contributed by atoms with Gasteiger partial charge in [-0.1, -0.05) is 36.4 Å². The molecule has 5 nitrogen and oxygen atoms in total. The molecule has 0 unspecified atom stereocenters. The third-order valence-electron chi connectivity index (χ3n) is 7.31. The summed E-state index contributed by atoms with van der Waals surface area (Å²) in [5.74, 6) is -0.718. The molecule has 5 rings (SSSR count). The first-order valence-corrected chi connectivity index (χ1v) is 10.6. The second-order valence-corrected chi connectivity index (χ2v) is 9.74. The molecule has 1 saturated heterocycles. The standard InChI is InChI=1S/C24H25BFNO4/c1-22(2)23(3,4)31-25(30-22)16-11-9-15(10-12-16)24(13-17(26)14-24)27-20(28)18-7-5-6-8-19(18)21(27)29/h5-12,17H,13-14H2,1-4H3. The molecule has 3 aliphatic rings. The maximum Gasteiger partial charge on any atom is 0.494 e. The average Bonchev–Trinajstić information content (AvgIpc) is 3.08. The van der Waals surface area contributed by atoms with Gasteiger partial charge in [-0.2, -0.15) is 0 Å². The van der Waals surface area contributed by atoms with Crippen LogP contribution in [0.5, 0.6) is 0 Å². The Morgan fingerprint density at radius 2 is 1.35 bits per heavy atom. The predicted octanol–water partition coefficient (Wildman–Crippen LogP) is 3.61. The summed E-state index contributed by atoms with van der Waals surface area (Å²) < 4.78 is 26.4. The van der Waals surface area contributed by atoms with Gasteiger partial charge in [0.05, 0.1) is 27.9 Å². The number of hydrogen-bond donors (Lipinski definition) is 0. The normalized spacial score (nSPS) is 28.6. The van der Waals surface area contributed by atoms with E-state index < -0.39 is 30.0 Å². The van der Waals surface area contributed by atoms with Crippen molar-refractivity contribution >= 4 is 24.4 Å². The number of rotatable bonds is 3. The van der Waals surface area contributed by atoms with Crippen LogP contribution in [0.3, 0.4) is 0 Å². The first-order chi connectivity index (χ1) is 14.6. The SMILES string of the molecule is CC1(C)OB(c2ccc(C3(N4C(=O)c5ccccc5C4=O)CC(F)C3)cc2)OC1(C)C. The van der Waals surface area contributed by atoms with Gasteiger partial charge >= 0.3 is 7.12 Å². The molecule has 1 saturated carbocycles.